The Morgan fingerprint density at radius 2 is 2.21 bits per heavy atom. The topological polar surface area (TPSA) is 50.4 Å². The van der Waals surface area contributed by atoms with E-state index in [1.165, 1.54) is 5.54 Å². The first-order valence-electron chi connectivity index (χ1n) is 4.11. The molecule has 0 bridgehead atoms. The molecule has 4 nitrogen and oxygen atoms in total. The molecular weight excluding hydrogens is 227 g/mol. The minimum atomic E-state index is -0.0962. The summed E-state index contributed by atoms with van der Waals surface area (Å²) in [5.74, 6) is -0.0962. The molecule has 0 radical (unpaired) electrons. The minimum Gasteiger partial charge on any atom is -0.383 e. The van der Waals surface area contributed by atoms with Crippen molar-refractivity contribution in [1.29, 1.82) is 0 Å². The van der Waals surface area contributed by atoms with Crippen LogP contribution in [0.5, 0.6) is 0 Å². The van der Waals surface area contributed by atoms with Crippen molar-refractivity contribution in [3.63, 3.8) is 0 Å². The molecule has 0 aliphatic carbocycles. The van der Waals surface area contributed by atoms with Gasteiger partial charge < -0.3 is 15.4 Å². The van der Waals surface area contributed by atoms with Gasteiger partial charge in [-0.25, -0.2) is 0 Å². The maximum atomic E-state index is 11.1. The smallest absolute Gasteiger partial charge is 0.234 e. The Hall–Kier alpha value is -0.290. The number of hydrogen-bond donors (Lipinski definition) is 2. The first kappa shape index (κ1) is 13.7. The molecule has 0 aliphatic heterocycles. The van der Waals surface area contributed by atoms with Crippen LogP contribution in [-0.2, 0) is 9.53 Å². The molecule has 0 aromatic rings. The normalized spacial score (nSPS) is 11.5. The van der Waals surface area contributed by atoms with Crippen LogP contribution < -0.4 is 10.6 Å². The average molecular weight is 241 g/mol. The van der Waals surface area contributed by atoms with E-state index >= 15 is 0 Å². The zero-order valence-electron chi connectivity index (χ0n) is 7.98. The highest BCUT2D eigenvalue weighted by molar-refractivity contribution is 6.36. The van der Waals surface area contributed by atoms with Gasteiger partial charge in [-0.2, -0.15) is 0 Å². The summed E-state index contributed by atoms with van der Waals surface area (Å²) in [6.45, 7) is 1.62. The largest absolute Gasteiger partial charge is 0.383 e. The van der Waals surface area contributed by atoms with E-state index in [2.05, 4.69) is 10.6 Å². The molecule has 82 valence electrons. The summed E-state index contributed by atoms with van der Waals surface area (Å²) in [6, 6.07) is 0. The van der Waals surface area contributed by atoms with Gasteiger partial charge >= 0.3 is 0 Å². The highest BCUT2D eigenvalue weighted by Gasteiger charge is 1.99. The lowest BCUT2D eigenvalue weighted by Crippen LogP contribution is -2.35. The summed E-state index contributed by atoms with van der Waals surface area (Å²) >= 11 is 10.9. The summed E-state index contributed by atoms with van der Waals surface area (Å²) in [5.41, 5.74) is 1.26. The number of nitrogens with one attached hydrogen (secondary N) is 2. The summed E-state index contributed by atoms with van der Waals surface area (Å²) in [7, 11) is 1.58. The molecule has 1 amide bonds. The van der Waals surface area contributed by atoms with Gasteiger partial charge in [0.2, 0.25) is 5.91 Å². The molecule has 0 atom stereocenters. The Morgan fingerprint density at radius 3 is 2.79 bits per heavy atom. The van der Waals surface area contributed by atoms with Crippen LogP contribution in [0.3, 0.4) is 0 Å². The van der Waals surface area contributed by atoms with Crippen LogP contribution in [0.2, 0.25) is 0 Å². The van der Waals surface area contributed by atoms with E-state index in [9.17, 15) is 4.79 Å². The van der Waals surface area contributed by atoms with E-state index in [4.69, 9.17) is 27.9 Å². The Labute approximate surface area is 93.6 Å². The summed E-state index contributed by atoms with van der Waals surface area (Å²) in [5, 5.41) is 5.95. The van der Waals surface area contributed by atoms with Crippen LogP contribution in [0.1, 0.15) is 0 Å². The molecule has 0 aromatic carbocycles. The van der Waals surface area contributed by atoms with Crippen molar-refractivity contribution in [3.8, 4) is 0 Å². The van der Waals surface area contributed by atoms with Crippen LogP contribution >= 0.6 is 23.2 Å². The van der Waals surface area contributed by atoms with Crippen molar-refractivity contribution in [2.24, 2.45) is 0 Å². The van der Waals surface area contributed by atoms with Gasteiger partial charge in [-0.05, 0) is 0 Å². The van der Waals surface area contributed by atoms with Crippen LogP contribution in [0.15, 0.2) is 10.6 Å². The van der Waals surface area contributed by atoms with E-state index in [1.807, 2.05) is 0 Å². The third kappa shape index (κ3) is 8.31. The number of methoxy groups -OCH3 is 1. The van der Waals surface area contributed by atoms with E-state index in [1.54, 1.807) is 7.11 Å². The van der Waals surface area contributed by atoms with E-state index in [0.29, 0.717) is 24.7 Å². The lowest BCUT2D eigenvalue weighted by atomic mass is 10.5. The number of halogens is 2. The van der Waals surface area contributed by atoms with Gasteiger partial charge in [-0.1, -0.05) is 23.2 Å². The molecule has 0 saturated carbocycles. The van der Waals surface area contributed by atoms with Crippen molar-refractivity contribution >= 4 is 29.1 Å². The van der Waals surface area contributed by atoms with Crippen molar-refractivity contribution in [2.45, 2.75) is 0 Å². The number of ether oxygens (including phenoxy) is 1. The highest BCUT2D eigenvalue weighted by atomic mass is 35.5. The fraction of sp³-hybridized carbons (Fsp3) is 0.625. The molecule has 0 saturated heterocycles. The molecule has 0 aromatic heterocycles. The van der Waals surface area contributed by atoms with Gasteiger partial charge in [0.05, 0.1) is 13.2 Å². The molecule has 0 spiro atoms. The lowest BCUT2D eigenvalue weighted by molar-refractivity contribution is -0.120. The molecule has 2 N–H and O–H groups in total. The van der Waals surface area contributed by atoms with Gasteiger partial charge in [0.1, 0.15) is 0 Å². The number of hydrogen-bond acceptors (Lipinski definition) is 3. The van der Waals surface area contributed by atoms with Gasteiger partial charge in [0.25, 0.3) is 0 Å². The SMILES string of the molecule is COCCNC(=O)CNCC(Cl)=CCl. The molecule has 6 heteroatoms. The number of amides is 1. The van der Waals surface area contributed by atoms with Gasteiger partial charge in [-0.15, -0.1) is 0 Å². The minimum absolute atomic E-state index is 0.0962. The second kappa shape index (κ2) is 9.27. The second-order valence-electron chi connectivity index (χ2n) is 2.50. The molecule has 0 heterocycles. The predicted octanol–water partition coefficient (Wildman–Crippen LogP) is 0.658. The summed E-state index contributed by atoms with van der Waals surface area (Å²) in [6.07, 6.45) is 0. The predicted molar refractivity (Wildman–Crippen MR) is 57.5 cm³/mol. The van der Waals surface area contributed by atoms with Crippen LogP contribution in [0, 0.1) is 0 Å². The molecular formula is C8H14Cl2N2O2. The molecule has 0 fully saturated rings. The van der Waals surface area contributed by atoms with Crippen molar-refractivity contribution in [3.05, 3.63) is 10.6 Å². The zero-order valence-corrected chi connectivity index (χ0v) is 9.49. The molecule has 14 heavy (non-hydrogen) atoms. The third-order valence-electron chi connectivity index (χ3n) is 1.33. The second-order valence-corrected chi connectivity index (χ2v) is 3.21. The monoisotopic (exact) mass is 240 g/mol. The van der Waals surface area contributed by atoms with Gasteiger partial charge in [0.15, 0.2) is 0 Å². The van der Waals surface area contributed by atoms with Crippen LogP contribution in [0.4, 0.5) is 0 Å². The Morgan fingerprint density at radius 1 is 1.50 bits per heavy atom. The zero-order chi connectivity index (χ0) is 10.8. The maximum absolute atomic E-state index is 11.1. The van der Waals surface area contributed by atoms with E-state index in [0.717, 1.165) is 0 Å². The molecule has 0 unspecified atom stereocenters. The van der Waals surface area contributed by atoms with E-state index < -0.39 is 0 Å². The van der Waals surface area contributed by atoms with Crippen molar-refractivity contribution in [1.82, 2.24) is 10.6 Å². The van der Waals surface area contributed by atoms with Crippen LogP contribution in [-0.4, -0.2) is 39.3 Å². The average Bonchev–Trinajstić information content (AvgIpc) is 2.18. The Balaban J connectivity index is 3.36. The summed E-state index contributed by atoms with van der Waals surface area (Å²) in [4.78, 5) is 11.1. The lowest BCUT2D eigenvalue weighted by Gasteiger charge is -2.05. The van der Waals surface area contributed by atoms with E-state index in [-0.39, 0.29) is 12.5 Å². The van der Waals surface area contributed by atoms with Gasteiger partial charge in [-0.3, -0.25) is 4.79 Å². The molecule has 0 rings (SSSR count). The number of carbonyl (C=O) groups excluding carboxylic acids is 1. The first-order valence-corrected chi connectivity index (χ1v) is 4.93. The highest BCUT2D eigenvalue weighted by Crippen LogP contribution is 1.99. The fourth-order valence-electron chi connectivity index (χ4n) is 0.689. The number of carbonyl (C=O) groups is 1. The Kier molecular flexibility index (Phi) is 9.08. The maximum Gasteiger partial charge on any atom is 0.234 e. The summed E-state index contributed by atoms with van der Waals surface area (Å²) < 4.78 is 4.77. The third-order valence-corrected chi connectivity index (χ3v) is 1.94. The quantitative estimate of drug-likeness (QED) is 0.644. The molecule has 0 aliphatic rings. The number of rotatable bonds is 7. The fourth-order valence-corrected chi connectivity index (χ4v) is 0.861. The van der Waals surface area contributed by atoms with Crippen molar-refractivity contribution < 1.29 is 9.53 Å². The Bertz CT molecular complexity index is 198. The standard InChI is InChI=1S/C8H14Cl2N2O2/c1-14-3-2-12-8(13)6-11-5-7(10)4-9/h4,11H,2-3,5-6H2,1H3,(H,12,13). The van der Waals surface area contributed by atoms with Crippen LogP contribution in [0.25, 0.3) is 0 Å². The van der Waals surface area contributed by atoms with Crippen molar-refractivity contribution in [2.75, 3.05) is 33.4 Å². The van der Waals surface area contributed by atoms with Gasteiger partial charge in [0, 0.05) is 30.8 Å². The first-order chi connectivity index (χ1) is 6.70.